The molecule has 2 aliphatic heterocycles. The van der Waals surface area contributed by atoms with Crippen LogP contribution < -0.4 is 4.74 Å². The van der Waals surface area contributed by atoms with Crippen LogP contribution in [0.25, 0.3) is 0 Å². The lowest BCUT2D eigenvalue weighted by atomic mass is 9.76. The molecule has 0 N–H and O–H groups in total. The fourth-order valence-corrected chi connectivity index (χ4v) is 3.88. The highest BCUT2D eigenvalue weighted by Crippen LogP contribution is 2.42. The Morgan fingerprint density at radius 2 is 2.24 bits per heavy atom. The Hall–Kier alpha value is -1.92. The number of ether oxygens (including phenoxy) is 2. The lowest BCUT2D eigenvalue weighted by molar-refractivity contribution is 0.0467. The second-order valence-corrected chi connectivity index (χ2v) is 7.34. The van der Waals surface area contributed by atoms with Crippen molar-refractivity contribution in [2.45, 2.75) is 38.8 Å². The van der Waals surface area contributed by atoms with Gasteiger partial charge in [-0.1, -0.05) is 5.16 Å². The Morgan fingerprint density at radius 1 is 1.36 bits per heavy atom. The number of piperidine rings is 1. The molecule has 4 heterocycles. The van der Waals surface area contributed by atoms with Gasteiger partial charge in [-0.25, -0.2) is 0 Å². The summed E-state index contributed by atoms with van der Waals surface area (Å²) in [6, 6.07) is 5.84. The molecule has 2 saturated heterocycles. The van der Waals surface area contributed by atoms with Crippen LogP contribution in [0.15, 0.2) is 35.1 Å². The maximum absolute atomic E-state index is 6.03. The molecule has 4 rings (SSSR count). The molecule has 2 aromatic heterocycles. The summed E-state index contributed by atoms with van der Waals surface area (Å²) in [5.41, 5.74) is 1.35. The van der Waals surface area contributed by atoms with Crippen molar-refractivity contribution >= 4 is 0 Å². The zero-order valence-electron chi connectivity index (χ0n) is 14.7. The van der Waals surface area contributed by atoms with Gasteiger partial charge in [0.15, 0.2) is 0 Å². The zero-order chi connectivity index (χ0) is 17.1. The topological polar surface area (TPSA) is 60.6 Å². The highest BCUT2D eigenvalue weighted by molar-refractivity contribution is 5.15. The van der Waals surface area contributed by atoms with Gasteiger partial charge in [0.2, 0.25) is 0 Å². The monoisotopic (exact) mass is 343 g/mol. The number of likely N-dealkylation sites (tertiary alicyclic amines) is 1. The first-order valence-electron chi connectivity index (χ1n) is 9.00. The fraction of sp³-hybridized carbons (Fsp3) is 0.579. The van der Waals surface area contributed by atoms with E-state index >= 15 is 0 Å². The molecule has 2 fully saturated rings. The SMILES string of the molecule is Cc1cc(CN2CCC3(CC2)CO[C@@H](COc2cccnc2)C3)no1. The summed E-state index contributed by atoms with van der Waals surface area (Å²) in [5, 5.41) is 4.10. The minimum absolute atomic E-state index is 0.185. The molecule has 0 aliphatic carbocycles. The predicted octanol–water partition coefficient (Wildman–Crippen LogP) is 2.83. The molecule has 0 radical (unpaired) electrons. The van der Waals surface area contributed by atoms with E-state index in [2.05, 4.69) is 15.0 Å². The third-order valence-electron chi connectivity index (χ3n) is 5.34. The normalized spacial score (nSPS) is 23.2. The second kappa shape index (κ2) is 7.14. The van der Waals surface area contributed by atoms with Crippen LogP contribution in [0.3, 0.4) is 0 Å². The highest BCUT2D eigenvalue weighted by Gasteiger charge is 2.42. The van der Waals surface area contributed by atoms with Crippen LogP contribution >= 0.6 is 0 Å². The Morgan fingerprint density at radius 3 is 2.96 bits per heavy atom. The molecule has 2 aromatic rings. The first-order valence-corrected chi connectivity index (χ1v) is 9.00. The van der Waals surface area contributed by atoms with Crippen LogP contribution in [-0.2, 0) is 11.3 Å². The van der Waals surface area contributed by atoms with Gasteiger partial charge in [0.05, 0.1) is 24.6 Å². The van der Waals surface area contributed by atoms with Crippen LogP contribution in [-0.4, -0.2) is 47.4 Å². The molecule has 0 amide bonds. The molecule has 0 unspecified atom stereocenters. The van der Waals surface area contributed by atoms with E-state index in [1.54, 1.807) is 12.4 Å². The van der Waals surface area contributed by atoms with Gasteiger partial charge < -0.3 is 14.0 Å². The molecule has 1 atom stereocenters. The number of pyridine rings is 1. The summed E-state index contributed by atoms with van der Waals surface area (Å²) in [6.45, 7) is 6.45. The van der Waals surface area contributed by atoms with Gasteiger partial charge in [-0.15, -0.1) is 0 Å². The molecular formula is C19H25N3O3. The van der Waals surface area contributed by atoms with E-state index in [-0.39, 0.29) is 6.10 Å². The van der Waals surface area contributed by atoms with Crippen LogP contribution in [0.5, 0.6) is 5.75 Å². The second-order valence-electron chi connectivity index (χ2n) is 7.34. The number of rotatable bonds is 5. The van der Waals surface area contributed by atoms with Crippen molar-refractivity contribution in [3.8, 4) is 5.75 Å². The van der Waals surface area contributed by atoms with Crippen molar-refractivity contribution in [1.82, 2.24) is 15.0 Å². The fourth-order valence-electron chi connectivity index (χ4n) is 3.88. The van der Waals surface area contributed by atoms with Crippen molar-refractivity contribution in [3.05, 3.63) is 42.0 Å². The van der Waals surface area contributed by atoms with E-state index < -0.39 is 0 Å². The Balaban J connectivity index is 1.24. The van der Waals surface area contributed by atoms with E-state index in [0.29, 0.717) is 12.0 Å². The van der Waals surface area contributed by atoms with Crippen LogP contribution in [0.1, 0.15) is 30.7 Å². The highest BCUT2D eigenvalue weighted by atomic mass is 16.5. The van der Waals surface area contributed by atoms with Crippen LogP contribution in [0, 0.1) is 12.3 Å². The first kappa shape index (κ1) is 16.5. The summed E-state index contributed by atoms with van der Waals surface area (Å²) >= 11 is 0. The quantitative estimate of drug-likeness (QED) is 0.832. The Bertz CT molecular complexity index is 680. The van der Waals surface area contributed by atoms with Gasteiger partial charge in [0.1, 0.15) is 18.1 Å². The van der Waals surface area contributed by atoms with Gasteiger partial charge in [-0.3, -0.25) is 9.88 Å². The maximum atomic E-state index is 6.03. The van der Waals surface area contributed by atoms with Gasteiger partial charge >= 0.3 is 0 Å². The first-order chi connectivity index (χ1) is 12.2. The van der Waals surface area contributed by atoms with Crippen molar-refractivity contribution < 1.29 is 14.0 Å². The van der Waals surface area contributed by atoms with Crippen molar-refractivity contribution in [3.63, 3.8) is 0 Å². The summed E-state index contributed by atoms with van der Waals surface area (Å²) < 4.78 is 17.0. The van der Waals surface area contributed by atoms with E-state index in [1.807, 2.05) is 25.1 Å². The lowest BCUT2D eigenvalue weighted by Gasteiger charge is -2.38. The van der Waals surface area contributed by atoms with Gasteiger partial charge in [-0.05, 0) is 56.8 Å². The summed E-state index contributed by atoms with van der Waals surface area (Å²) in [6.07, 6.45) is 7.12. The molecule has 0 saturated carbocycles. The molecule has 6 heteroatoms. The lowest BCUT2D eigenvalue weighted by Crippen LogP contribution is -2.40. The van der Waals surface area contributed by atoms with Crippen molar-refractivity contribution in [2.24, 2.45) is 5.41 Å². The predicted molar refractivity (Wildman–Crippen MR) is 92.3 cm³/mol. The van der Waals surface area contributed by atoms with Gasteiger partial charge in [0, 0.05) is 18.8 Å². The van der Waals surface area contributed by atoms with Gasteiger partial charge in [-0.2, -0.15) is 0 Å². The van der Waals surface area contributed by atoms with E-state index in [0.717, 1.165) is 49.9 Å². The van der Waals surface area contributed by atoms with Crippen molar-refractivity contribution in [1.29, 1.82) is 0 Å². The van der Waals surface area contributed by atoms with E-state index in [9.17, 15) is 0 Å². The number of hydrogen-bond acceptors (Lipinski definition) is 6. The third kappa shape index (κ3) is 4.02. The molecule has 1 spiro atoms. The molecule has 25 heavy (non-hydrogen) atoms. The molecule has 134 valence electrons. The van der Waals surface area contributed by atoms with Crippen LogP contribution in [0.2, 0.25) is 0 Å². The smallest absolute Gasteiger partial charge is 0.137 e. The van der Waals surface area contributed by atoms with Gasteiger partial charge in [0.25, 0.3) is 0 Å². The van der Waals surface area contributed by atoms with Crippen LogP contribution in [0.4, 0.5) is 0 Å². The average molecular weight is 343 g/mol. The van der Waals surface area contributed by atoms with Crippen molar-refractivity contribution in [2.75, 3.05) is 26.3 Å². The molecule has 0 bridgehead atoms. The summed E-state index contributed by atoms with van der Waals surface area (Å²) in [7, 11) is 0. The largest absolute Gasteiger partial charge is 0.489 e. The number of hydrogen-bond donors (Lipinski definition) is 0. The molecule has 2 aliphatic rings. The summed E-state index contributed by atoms with van der Waals surface area (Å²) in [4.78, 5) is 6.53. The Labute approximate surface area is 148 Å². The minimum atomic E-state index is 0.185. The Kier molecular flexibility index (Phi) is 4.72. The standard InChI is InChI=1S/C19H25N3O3/c1-15-9-16(21-25-15)12-22-7-4-19(5-8-22)10-18(24-14-19)13-23-17-3-2-6-20-11-17/h2-3,6,9,11,18H,4-5,7-8,10,12-14H2,1H3/t18-/m1/s1. The van der Waals surface area contributed by atoms with E-state index in [4.69, 9.17) is 14.0 Å². The molecule has 0 aromatic carbocycles. The minimum Gasteiger partial charge on any atom is -0.489 e. The third-order valence-corrected chi connectivity index (χ3v) is 5.34. The number of nitrogens with zero attached hydrogens (tertiary/aromatic N) is 3. The summed E-state index contributed by atoms with van der Waals surface area (Å²) in [5.74, 6) is 1.69. The molecular weight excluding hydrogens is 318 g/mol. The zero-order valence-corrected chi connectivity index (χ0v) is 14.7. The maximum Gasteiger partial charge on any atom is 0.137 e. The molecule has 6 nitrogen and oxygen atoms in total. The number of aromatic nitrogens is 2. The number of aryl methyl sites for hydroxylation is 1. The average Bonchev–Trinajstić information content (AvgIpc) is 3.23. The van der Waals surface area contributed by atoms with E-state index in [1.165, 1.54) is 12.8 Å².